The molecule has 0 aliphatic rings. The summed E-state index contributed by atoms with van der Waals surface area (Å²) in [6.45, 7) is 8.48. The largest absolute Gasteiger partial charge is 1.00 e. The first-order valence-corrected chi connectivity index (χ1v) is 9.30. The Balaban J connectivity index is 0.00000261. The SMILES string of the molecule is CC[NH+](CC)CCn1c(=N)n(CC(=O)c2ccccc2)c2ccccc21.[Br-]. The van der Waals surface area contributed by atoms with Gasteiger partial charge in [0.05, 0.1) is 43.8 Å². The number of rotatable bonds is 8. The Morgan fingerprint density at radius 3 is 2.07 bits per heavy atom. The second kappa shape index (κ2) is 9.67. The lowest BCUT2D eigenvalue weighted by Crippen LogP contribution is -3.11. The van der Waals surface area contributed by atoms with E-state index in [0.29, 0.717) is 11.2 Å². The van der Waals surface area contributed by atoms with Crippen molar-refractivity contribution in [1.29, 1.82) is 5.41 Å². The molecule has 0 aliphatic heterocycles. The van der Waals surface area contributed by atoms with Gasteiger partial charge in [-0.15, -0.1) is 0 Å². The van der Waals surface area contributed by atoms with E-state index in [4.69, 9.17) is 5.41 Å². The summed E-state index contributed by atoms with van der Waals surface area (Å²) in [5.41, 5.74) is 3.03. The number of ketones is 1. The van der Waals surface area contributed by atoms with Crippen LogP contribution >= 0.6 is 0 Å². The molecule has 0 unspecified atom stereocenters. The molecule has 3 rings (SSSR count). The van der Waals surface area contributed by atoms with Crippen LogP contribution in [0.15, 0.2) is 54.6 Å². The van der Waals surface area contributed by atoms with Gasteiger partial charge in [0.25, 0.3) is 0 Å². The summed E-state index contributed by atoms with van der Waals surface area (Å²) >= 11 is 0. The minimum atomic E-state index is 0. The van der Waals surface area contributed by atoms with E-state index in [0.717, 1.165) is 37.2 Å². The molecular weight excluding hydrogens is 404 g/mol. The van der Waals surface area contributed by atoms with E-state index in [1.165, 1.54) is 4.90 Å². The number of quaternary nitrogens is 1. The Morgan fingerprint density at radius 1 is 0.926 bits per heavy atom. The van der Waals surface area contributed by atoms with Crippen LogP contribution < -0.4 is 27.5 Å². The van der Waals surface area contributed by atoms with Gasteiger partial charge in [-0.3, -0.25) is 10.2 Å². The number of fused-ring (bicyclic) bond motifs is 1. The van der Waals surface area contributed by atoms with Crippen molar-refractivity contribution in [2.45, 2.75) is 26.9 Å². The van der Waals surface area contributed by atoms with Crippen LogP contribution in [0.4, 0.5) is 0 Å². The summed E-state index contributed by atoms with van der Waals surface area (Å²) in [5.74, 6) is 0.0290. The summed E-state index contributed by atoms with van der Waals surface area (Å²) in [4.78, 5) is 14.2. The molecule has 0 saturated heterocycles. The topological polar surface area (TPSA) is 55.2 Å². The lowest BCUT2D eigenvalue weighted by molar-refractivity contribution is -0.897. The van der Waals surface area contributed by atoms with Gasteiger partial charge >= 0.3 is 0 Å². The van der Waals surface area contributed by atoms with Crippen molar-refractivity contribution < 1.29 is 26.7 Å². The lowest BCUT2D eigenvalue weighted by Gasteiger charge is -2.15. The van der Waals surface area contributed by atoms with Crippen molar-refractivity contribution in [3.63, 3.8) is 0 Å². The number of nitrogens with one attached hydrogen (secondary N) is 2. The summed E-state index contributed by atoms with van der Waals surface area (Å²) < 4.78 is 3.85. The van der Waals surface area contributed by atoms with E-state index >= 15 is 0 Å². The number of Topliss-reactive ketones (excluding diaryl/α,β-unsaturated/α-hetero) is 1. The maximum atomic E-state index is 12.7. The number of halogens is 1. The maximum absolute atomic E-state index is 12.7. The Labute approximate surface area is 170 Å². The summed E-state index contributed by atoms with van der Waals surface area (Å²) in [7, 11) is 0. The molecule has 0 aliphatic carbocycles. The summed E-state index contributed by atoms with van der Waals surface area (Å²) in [5, 5.41) is 8.65. The molecule has 0 amide bonds. The highest BCUT2D eigenvalue weighted by atomic mass is 79.9. The molecule has 2 aromatic carbocycles. The van der Waals surface area contributed by atoms with Crippen LogP contribution in [0.25, 0.3) is 11.0 Å². The molecular formula is C21H27BrN4O. The zero-order chi connectivity index (χ0) is 18.5. The number of likely N-dealkylation sites (N-methyl/N-ethyl adjacent to an activating group) is 1. The highest BCUT2D eigenvalue weighted by Crippen LogP contribution is 2.13. The molecule has 6 heteroatoms. The fraction of sp³-hybridized carbons (Fsp3) is 0.333. The van der Waals surface area contributed by atoms with E-state index in [1.807, 2.05) is 63.7 Å². The minimum Gasteiger partial charge on any atom is -1.00 e. The normalized spacial score (nSPS) is 10.9. The van der Waals surface area contributed by atoms with Crippen LogP contribution in [0.2, 0.25) is 0 Å². The maximum Gasteiger partial charge on any atom is 0.203 e. The highest BCUT2D eigenvalue weighted by molar-refractivity contribution is 5.96. The van der Waals surface area contributed by atoms with Crippen molar-refractivity contribution in [3.05, 3.63) is 65.8 Å². The molecule has 144 valence electrons. The first-order chi connectivity index (χ1) is 12.7. The number of hydrogen-bond donors (Lipinski definition) is 2. The van der Waals surface area contributed by atoms with Gasteiger partial charge in [-0.05, 0) is 26.0 Å². The quantitative estimate of drug-likeness (QED) is 0.430. The van der Waals surface area contributed by atoms with Crippen molar-refractivity contribution in [2.24, 2.45) is 0 Å². The van der Waals surface area contributed by atoms with E-state index in [2.05, 4.69) is 13.8 Å². The number of nitrogens with zero attached hydrogens (tertiary/aromatic N) is 2. The predicted octanol–water partition coefficient (Wildman–Crippen LogP) is -1.27. The molecule has 5 nitrogen and oxygen atoms in total. The predicted molar refractivity (Wildman–Crippen MR) is 103 cm³/mol. The number of para-hydroxylation sites is 2. The van der Waals surface area contributed by atoms with Crippen molar-refractivity contribution in [2.75, 3.05) is 19.6 Å². The van der Waals surface area contributed by atoms with E-state index in [-0.39, 0.29) is 29.3 Å². The molecule has 1 aromatic heterocycles. The van der Waals surface area contributed by atoms with E-state index < -0.39 is 0 Å². The molecule has 3 aromatic rings. The Kier molecular flexibility index (Phi) is 7.56. The number of hydrogen-bond acceptors (Lipinski definition) is 2. The van der Waals surface area contributed by atoms with Crippen molar-refractivity contribution >= 4 is 16.8 Å². The van der Waals surface area contributed by atoms with Gasteiger partial charge in [-0.2, -0.15) is 0 Å². The highest BCUT2D eigenvalue weighted by Gasteiger charge is 2.15. The van der Waals surface area contributed by atoms with Gasteiger partial charge in [0.2, 0.25) is 5.62 Å². The fourth-order valence-corrected chi connectivity index (χ4v) is 3.41. The van der Waals surface area contributed by atoms with Crippen LogP contribution in [0.3, 0.4) is 0 Å². The molecule has 0 radical (unpaired) electrons. The third-order valence-electron chi connectivity index (χ3n) is 5.06. The summed E-state index contributed by atoms with van der Waals surface area (Å²) in [6.07, 6.45) is 0. The van der Waals surface area contributed by atoms with Crippen LogP contribution in [-0.4, -0.2) is 34.6 Å². The standard InChI is InChI=1S/C21H26N4O.BrH/c1-3-23(4-2)14-15-24-18-12-8-9-13-19(18)25(21(24)22)16-20(26)17-10-6-5-7-11-17;/h5-13,22H,3-4,14-16H2,1-2H3;1H. The van der Waals surface area contributed by atoms with E-state index in [9.17, 15) is 4.79 Å². The molecule has 27 heavy (non-hydrogen) atoms. The monoisotopic (exact) mass is 430 g/mol. The molecule has 0 fully saturated rings. The Hall–Kier alpha value is -2.18. The molecule has 0 atom stereocenters. The average molecular weight is 431 g/mol. The van der Waals surface area contributed by atoms with Crippen LogP contribution in [0.5, 0.6) is 0 Å². The van der Waals surface area contributed by atoms with Crippen molar-refractivity contribution in [1.82, 2.24) is 9.13 Å². The number of benzene rings is 2. The zero-order valence-corrected chi connectivity index (χ0v) is 17.5. The average Bonchev–Trinajstić information content (AvgIpc) is 2.95. The second-order valence-corrected chi connectivity index (χ2v) is 6.55. The third kappa shape index (κ3) is 4.57. The molecule has 0 spiro atoms. The first-order valence-electron chi connectivity index (χ1n) is 9.30. The smallest absolute Gasteiger partial charge is 0.203 e. The Morgan fingerprint density at radius 2 is 1.48 bits per heavy atom. The Bertz CT molecular complexity index is 942. The van der Waals surface area contributed by atoms with Crippen LogP contribution in [0, 0.1) is 5.41 Å². The number of aromatic nitrogens is 2. The zero-order valence-electron chi connectivity index (χ0n) is 15.9. The van der Waals surface area contributed by atoms with Crippen LogP contribution in [0.1, 0.15) is 24.2 Å². The van der Waals surface area contributed by atoms with Crippen molar-refractivity contribution in [3.8, 4) is 0 Å². The molecule has 0 saturated carbocycles. The molecule has 1 heterocycles. The minimum absolute atomic E-state index is 0. The lowest BCUT2D eigenvalue weighted by atomic mass is 10.1. The van der Waals surface area contributed by atoms with Gasteiger partial charge in [0, 0.05) is 5.56 Å². The molecule has 0 bridgehead atoms. The number of imidazole rings is 1. The van der Waals surface area contributed by atoms with Crippen LogP contribution in [-0.2, 0) is 13.1 Å². The number of carbonyl (C=O) groups excluding carboxylic acids is 1. The van der Waals surface area contributed by atoms with Gasteiger partial charge in [0.15, 0.2) is 5.78 Å². The fourth-order valence-electron chi connectivity index (χ4n) is 3.41. The van der Waals surface area contributed by atoms with Gasteiger partial charge in [-0.25, -0.2) is 0 Å². The second-order valence-electron chi connectivity index (χ2n) is 6.55. The number of carbonyl (C=O) groups is 1. The van der Waals surface area contributed by atoms with E-state index in [1.54, 1.807) is 0 Å². The van der Waals surface area contributed by atoms with Gasteiger partial charge < -0.3 is 31.0 Å². The molecule has 2 N–H and O–H groups in total. The van der Waals surface area contributed by atoms with Gasteiger partial charge in [-0.1, -0.05) is 42.5 Å². The first kappa shape index (κ1) is 21.1. The third-order valence-corrected chi connectivity index (χ3v) is 5.06. The summed E-state index contributed by atoms with van der Waals surface area (Å²) in [6, 6.07) is 17.3. The van der Waals surface area contributed by atoms with Gasteiger partial charge in [0.1, 0.15) is 0 Å².